The van der Waals surface area contributed by atoms with Crippen LogP contribution in [0.25, 0.3) is 11.0 Å². The fourth-order valence-corrected chi connectivity index (χ4v) is 4.06. The highest BCUT2D eigenvalue weighted by atomic mass is 16.5. The summed E-state index contributed by atoms with van der Waals surface area (Å²) in [5.74, 6) is 0.922. The van der Waals surface area contributed by atoms with E-state index in [-0.39, 0.29) is 11.2 Å². The molecule has 3 nitrogen and oxygen atoms in total. The largest absolute Gasteiger partial charge is 0.487 e. The van der Waals surface area contributed by atoms with E-state index in [1.807, 2.05) is 6.92 Å². The maximum atomic E-state index is 12.5. The minimum atomic E-state index is -0.155. The first kappa shape index (κ1) is 14.8. The summed E-state index contributed by atoms with van der Waals surface area (Å²) >= 11 is 0. The molecule has 122 valence electrons. The van der Waals surface area contributed by atoms with Gasteiger partial charge in [-0.15, -0.1) is 0 Å². The first-order chi connectivity index (χ1) is 11.0. The molecule has 2 heterocycles. The highest BCUT2D eigenvalue weighted by Crippen LogP contribution is 2.40. The van der Waals surface area contributed by atoms with Crippen LogP contribution in [0.2, 0.25) is 0 Å². The van der Waals surface area contributed by atoms with Crippen molar-refractivity contribution in [2.24, 2.45) is 0 Å². The van der Waals surface area contributed by atoms with Crippen LogP contribution in [0.1, 0.15) is 61.8 Å². The summed E-state index contributed by atoms with van der Waals surface area (Å²) in [6.45, 7) is 6.26. The molecule has 1 aliphatic heterocycles. The first-order valence-electron chi connectivity index (χ1n) is 8.76. The molecule has 0 fully saturated rings. The van der Waals surface area contributed by atoms with Crippen LogP contribution in [0, 0.1) is 6.92 Å². The molecule has 0 radical (unpaired) electrons. The van der Waals surface area contributed by atoms with Crippen molar-refractivity contribution in [2.45, 2.75) is 71.3 Å². The van der Waals surface area contributed by atoms with E-state index in [0.29, 0.717) is 0 Å². The maximum absolute atomic E-state index is 12.5. The Bertz CT molecular complexity index is 842. The van der Waals surface area contributed by atoms with Gasteiger partial charge in [0.2, 0.25) is 0 Å². The molecule has 0 N–H and O–H groups in total. The number of fused-ring (bicyclic) bond motifs is 4. The Morgan fingerprint density at radius 3 is 2.57 bits per heavy atom. The Labute approximate surface area is 136 Å². The van der Waals surface area contributed by atoms with Crippen molar-refractivity contribution in [3.63, 3.8) is 0 Å². The summed E-state index contributed by atoms with van der Waals surface area (Å²) < 4.78 is 11.9. The van der Waals surface area contributed by atoms with Gasteiger partial charge in [0.1, 0.15) is 16.9 Å². The van der Waals surface area contributed by atoms with Crippen LogP contribution in [0.5, 0.6) is 5.75 Å². The zero-order valence-electron chi connectivity index (χ0n) is 14.3. The van der Waals surface area contributed by atoms with Gasteiger partial charge in [-0.3, -0.25) is 0 Å². The summed E-state index contributed by atoms with van der Waals surface area (Å²) in [5, 5.41) is 1.14. The van der Waals surface area contributed by atoms with Crippen molar-refractivity contribution in [2.75, 3.05) is 0 Å². The lowest BCUT2D eigenvalue weighted by Gasteiger charge is -2.34. The Morgan fingerprint density at radius 2 is 1.78 bits per heavy atom. The Kier molecular flexibility index (Phi) is 3.29. The predicted molar refractivity (Wildman–Crippen MR) is 91.5 cm³/mol. The van der Waals surface area contributed by atoms with Crippen molar-refractivity contribution in [1.29, 1.82) is 0 Å². The highest BCUT2D eigenvalue weighted by Gasteiger charge is 2.30. The monoisotopic (exact) mass is 312 g/mol. The molecule has 2 aliphatic rings. The summed E-state index contributed by atoms with van der Waals surface area (Å²) in [6.07, 6.45) is 7.32. The van der Waals surface area contributed by atoms with Gasteiger partial charge in [0.05, 0.1) is 0 Å². The normalized spacial score (nSPS) is 19.6. The van der Waals surface area contributed by atoms with Gasteiger partial charge in [-0.2, -0.15) is 0 Å². The van der Waals surface area contributed by atoms with Crippen molar-refractivity contribution in [3.8, 4) is 5.75 Å². The molecule has 1 aromatic carbocycles. The molecule has 3 heteroatoms. The van der Waals surface area contributed by atoms with E-state index >= 15 is 0 Å². The van der Waals surface area contributed by atoms with Gasteiger partial charge in [0, 0.05) is 16.5 Å². The number of benzene rings is 1. The Morgan fingerprint density at radius 1 is 1.04 bits per heavy atom. The van der Waals surface area contributed by atoms with Crippen LogP contribution in [-0.4, -0.2) is 5.60 Å². The molecule has 0 spiro atoms. The molecule has 0 saturated carbocycles. The van der Waals surface area contributed by atoms with E-state index < -0.39 is 0 Å². The van der Waals surface area contributed by atoms with Gasteiger partial charge in [-0.1, -0.05) is 6.42 Å². The van der Waals surface area contributed by atoms with E-state index in [1.165, 1.54) is 17.5 Å². The summed E-state index contributed by atoms with van der Waals surface area (Å²) in [4.78, 5) is 12.5. The van der Waals surface area contributed by atoms with Crippen molar-refractivity contribution >= 4 is 11.0 Å². The lowest BCUT2D eigenvalue weighted by Crippen LogP contribution is -2.33. The van der Waals surface area contributed by atoms with E-state index in [2.05, 4.69) is 19.9 Å². The van der Waals surface area contributed by atoms with Gasteiger partial charge in [0.15, 0.2) is 0 Å². The van der Waals surface area contributed by atoms with Crippen LogP contribution in [0.3, 0.4) is 0 Å². The van der Waals surface area contributed by atoms with Gasteiger partial charge in [-0.05, 0) is 76.5 Å². The molecular formula is C20H24O3. The predicted octanol–water partition coefficient (Wildman–Crippen LogP) is 4.47. The average Bonchev–Trinajstić information content (AvgIpc) is 2.76. The Balaban J connectivity index is 2.02. The molecular weight excluding hydrogens is 288 g/mol. The van der Waals surface area contributed by atoms with Crippen molar-refractivity contribution < 1.29 is 9.15 Å². The second-order valence-electron chi connectivity index (χ2n) is 7.64. The lowest BCUT2D eigenvalue weighted by atomic mass is 9.90. The van der Waals surface area contributed by atoms with Crippen LogP contribution < -0.4 is 10.4 Å². The summed E-state index contributed by atoms with van der Waals surface area (Å²) in [5.41, 5.74) is 4.80. The van der Waals surface area contributed by atoms with Gasteiger partial charge in [0.25, 0.3) is 0 Å². The third-order valence-corrected chi connectivity index (χ3v) is 5.39. The van der Waals surface area contributed by atoms with Crippen molar-refractivity contribution in [1.82, 2.24) is 0 Å². The highest BCUT2D eigenvalue weighted by molar-refractivity contribution is 5.87. The zero-order chi connectivity index (χ0) is 16.2. The van der Waals surface area contributed by atoms with E-state index in [0.717, 1.165) is 66.4 Å². The molecule has 0 saturated heterocycles. The molecule has 1 aromatic heterocycles. The fraction of sp³-hybridized carbons (Fsp3) is 0.550. The van der Waals surface area contributed by atoms with E-state index in [4.69, 9.17) is 9.15 Å². The van der Waals surface area contributed by atoms with Gasteiger partial charge < -0.3 is 9.15 Å². The fourth-order valence-electron chi connectivity index (χ4n) is 4.06. The Hall–Kier alpha value is -1.77. The van der Waals surface area contributed by atoms with Gasteiger partial charge in [-0.25, -0.2) is 4.79 Å². The molecule has 0 unspecified atom stereocenters. The quantitative estimate of drug-likeness (QED) is 0.532. The molecule has 0 amide bonds. The number of ether oxygens (including phenoxy) is 1. The zero-order valence-corrected chi connectivity index (χ0v) is 14.3. The number of aryl methyl sites for hydroxylation is 3. The third kappa shape index (κ3) is 2.37. The SMILES string of the molecule is Cc1c2c(cc3c4c(c(=O)oc13)CCCCC4)CCC(C)(C)O2. The summed E-state index contributed by atoms with van der Waals surface area (Å²) in [7, 11) is 0. The lowest BCUT2D eigenvalue weighted by molar-refractivity contribution is 0.0838. The smallest absolute Gasteiger partial charge is 0.339 e. The molecule has 1 aliphatic carbocycles. The number of hydrogen-bond donors (Lipinski definition) is 0. The van der Waals surface area contributed by atoms with Gasteiger partial charge >= 0.3 is 5.63 Å². The van der Waals surface area contributed by atoms with Crippen molar-refractivity contribution in [3.05, 3.63) is 38.7 Å². The van der Waals surface area contributed by atoms with Crippen LogP contribution >= 0.6 is 0 Å². The second-order valence-corrected chi connectivity index (χ2v) is 7.64. The van der Waals surface area contributed by atoms with Crippen LogP contribution in [-0.2, 0) is 19.3 Å². The topological polar surface area (TPSA) is 39.4 Å². The first-order valence-corrected chi connectivity index (χ1v) is 8.76. The molecule has 2 aromatic rings. The molecule has 0 bridgehead atoms. The van der Waals surface area contributed by atoms with Crippen LogP contribution in [0.4, 0.5) is 0 Å². The maximum Gasteiger partial charge on any atom is 0.339 e. The minimum Gasteiger partial charge on any atom is -0.487 e. The minimum absolute atomic E-state index is 0.146. The number of rotatable bonds is 0. The standard InChI is InChI=1S/C20H24O3/c1-12-17-13(9-10-20(2,3)23-17)11-16-14-7-5-4-6-8-15(14)19(21)22-18(12)16/h11H,4-10H2,1-3H3. The van der Waals surface area contributed by atoms with E-state index in [9.17, 15) is 4.79 Å². The average molecular weight is 312 g/mol. The molecule has 23 heavy (non-hydrogen) atoms. The number of hydrogen-bond acceptors (Lipinski definition) is 3. The van der Waals surface area contributed by atoms with E-state index in [1.54, 1.807) is 0 Å². The molecule has 4 rings (SSSR count). The molecule has 0 atom stereocenters. The van der Waals surface area contributed by atoms with Crippen LogP contribution in [0.15, 0.2) is 15.3 Å². The summed E-state index contributed by atoms with van der Waals surface area (Å²) in [6, 6.07) is 2.22. The second kappa shape index (κ2) is 5.12. The third-order valence-electron chi connectivity index (χ3n) is 5.39.